The van der Waals surface area contributed by atoms with Crippen LogP contribution < -0.4 is 11.3 Å². The van der Waals surface area contributed by atoms with Gasteiger partial charge in [-0.15, -0.1) is 0 Å². The molecule has 0 spiro atoms. The van der Waals surface area contributed by atoms with Crippen molar-refractivity contribution in [3.05, 3.63) is 46.3 Å². The van der Waals surface area contributed by atoms with Crippen LogP contribution in [0.1, 0.15) is 0 Å². The molecule has 2 aromatic rings. The van der Waals surface area contributed by atoms with Crippen molar-refractivity contribution in [2.45, 2.75) is 0 Å². The third-order valence-electron chi connectivity index (χ3n) is 1.95. The first-order chi connectivity index (χ1) is 7.56. The van der Waals surface area contributed by atoms with Gasteiger partial charge >= 0.3 is 0 Å². The number of nitrogens with zero attached hydrogens (tertiary/aromatic N) is 1. The fourth-order valence-electron chi connectivity index (χ4n) is 1.26. The van der Waals surface area contributed by atoms with Crippen LogP contribution in [0.2, 0.25) is 0 Å². The summed E-state index contributed by atoms with van der Waals surface area (Å²) in [6, 6.07) is 4.29. The van der Waals surface area contributed by atoms with Crippen LogP contribution in [-0.4, -0.2) is 9.97 Å². The van der Waals surface area contributed by atoms with Gasteiger partial charge in [0.05, 0.1) is 0 Å². The minimum absolute atomic E-state index is 0.0171. The minimum Gasteiger partial charge on any atom is -0.383 e. The summed E-state index contributed by atoms with van der Waals surface area (Å²) in [6.07, 6.45) is 0. The Hall–Kier alpha value is -2.24. The second kappa shape index (κ2) is 3.73. The van der Waals surface area contributed by atoms with E-state index in [0.717, 1.165) is 18.2 Å². The Labute approximate surface area is 88.8 Å². The van der Waals surface area contributed by atoms with Crippen LogP contribution in [0.15, 0.2) is 29.1 Å². The molecule has 0 radical (unpaired) electrons. The second-order valence-electron chi connectivity index (χ2n) is 3.15. The molecule has 2 rings (SSSR count). The minimum atomic E-state index is -1.01. The lowest BCUT2D eigenvalue weighted by molar-refractivity contribution is 0.509. The summed E-state index contributed by atoms with van der Waals surface area (Å²) in [5.74, 6) is -1.86. The number of aromatic amines is 1. The maximum atomic E-state index is 12.9. The third-order valence-corrected chi connectivity index (χ3v) is 1.95. The molecule has 0 amide bonds. The Morgan fingerprint density at radius 3 is 2.56 bits per heavy atom. The van der Waals surface area contributed by atoms with Crippen molar-refractivity contribution in [3.63, 3.8) is 0 Å². The van der Waals surface area contributed by atoms with Crippen molar-refractivity contribution in [1.82, 2.24) is 9.97 Å². The van der Waals surface area contributed by atoms with E-state index < -0.39 is 17.2 Å². The molecule has 0 aliphatic rings. The lowest BCUT2D eigenvalue weighted by Gasteiger charge is -2.02. The second-order valence-corrected chi connectivity index (χ2v) is 3.15. The molecule has 0 aliphatic heterocycles. The van der Waals surface area contributed by atoms with Crippen LogP contribution in [0, 0.1) is 11.6 Å². The molecule has 6 heteroatoms. The summed E-state index contributed by atoms with van der Waals surface area (Å²) in [5.41, 5.74) is 5.17. The zero-order chi connectivity index (χ0) is 11.7. The predicted octanol–water partition coefficient (Wildman–Crippen LogP) is 1.30. The van der Waals surface area contributed by atoms with Crippen LogP contribution in [0.25, 0.3) is 11.4 Å². The number of hydrogen-bond acceptors (Lipinski definition) is 3. The van der Waals surface area contributed by atoms with Gasteiger partial charge in [-0.1, -0.05) is 0 Å². The molecule has 3 N–H and O–H groups in total. The molecule has 82 valence electrons. The molecule has 0 aliphatic carbocycles. The molecule has 0 saturated carbocycles. The molecule has 0 unspecified atom stereocenters. The van der Waals surface area contributed by atoms with E-state index in [2.05, 4.69) is 9.97 Å². The number of anilines is 1. The van der Waals surface area contributed by atoms with Crippen LogP contribution in [0.3, 0.4) is 0 Å². The number of nitrogen functional groups attached to an aromatic ring is 1. The van der Waals surface area contributed by atoms with Gasteiger partial charge in [0, 0.05) is 11.6 Å². The molecular formula is C10H7F2N3O. The summed E-state index contributed by atoms with van der Waals surface area (Å²) in [7, 11) is 0. The first-order valence-electron chi connectivity index (χ1n) is 4.38. The summed E-state index contributed by atoms with van der Waals surface area (Å²) < 4.78 is 25.6. The first-order valence-corrected chi connectivity index (χ1v) is 4.38. The van der Waals surface area contributed by atoms with Crippen molar-refractivity contribution in [1.29, 1.82) is 0 Å². The Morgan fingerprint density at radius 1 is 1.19 bits per heavy atom. The van der Waals surface area contributed by atoms with Gasteiger partial charge < -0.3 is 10.7 Å². The van der Waals surface area contributed by atoms with Crippen LogP contribution >= 0.6 is 0 Å². The summed E-state index contributed by atoms with van der Waals surface area (Å²) in [5, 5.41) is 0. The van der Waals surface area contributed by atoms with Crippen molar-refractivity contribution in [3.8, 4) is 11.4 Å². The van der Waals surface area contributed by atoms with Crippen molar-refractivity contribution in [2.24, 2.45) is 0 Å². The van der Waals surface area contributed by atoms with E-state index in [-0.39, 0.29) is 17.2 Å². The van der Waals surface area contributed by atoms with Gasteiger partial charge in [-0.05, 0) is 18.2 Å². The van der Waals surface area contributed by atoms with E-state index in [1.165, 1.54) is 6.07 Å². The van der Waals surface area contributed by atoms with Gasteiger partial charge in [-0.25, -0.2) is 13.8 Å². The molecule has 16 heavy (non-hydrogen) atoms. The van der Waals surface area contributed by atoms with Gasteiger partial charge in [-0.3, -0.25) is 4.79 Å². The molecule has 1 heterocycles. The highest BCUT2D eigenvalue weighted by atomic mass is 19.2. The van der Waals surface area contributed by atoms with E-state index >= 15 is 0 Å². The van der Waals surface area contributed by atoms with Gasteiger partial charge in [0.25, 0.3) is 5.56 Å². The summed E-state index contributed by atoms with van der Waals surface area (Å²) in [4.78, 5) is 17.3. The number of aromatic nitrogens is 2. The first kappa shape index (κ1) is 10.3. The van der Waals surface area contributed by atoms with Crippen molar-refractivity contribution >= 4 is 5.82 Å². The van der Waals surface area contributed by atoms with Crippen LogP contribution in [-0.2, 0) is 0 Å². The fraction of sp³-hybridized carbons (Fsp3) is 0. The van der Waals surface area contributed by atoms with Gasteiger partial charge in [-0.2, -0.15) is 0 Å². The number of rotatable bonds is 1. The fourth-order valence-corrected chi connectivity index (χ4v) is 1.26. The molecular weight excluding hydrogens is 216 g/mol. The molecule has 1 aromatic heterocycles. The van der Waals surface area contributed by atoms with E-state index in [1.807, 2.05) is 0 Å². The van der Waals surface area contributed by atoms with Gasteiger partial charge in [0.1, 0.15) is 11.6 Å². The maximum Gasteiger partial charge on any atom is 0.253 e. The number of H-pyrrole nitrogens is 1. The molecule has 4 nitrogen and oxygen atoms in total. The number of hydrogen-bond donors (Lipinski definition) is 2. The molecule has 0 bridgehead atoms. The molecule has 0 saturated heterocycles. The molecule has 0 fully saturated rings. The lowest BCUT2D eigenvalue weighted by atomic mass is 10.2. The summed E-state index contributed by atoms with van der Waals surface area (Å²) in [6.45, 7) is 0. The number of benzene rings is 1. The van der Waals surface area contributed by atoms with E-state index in [9.17, 15) is 13.6 Å². The van der Waals surface area contributed by atoms with E-state index in [1.54, 1.807) is 0 Å². The Kier molecular flexibility index (Phi) is 2.40. The Morgan fingerprint density at radius 2 is 1.94 bits per heavy atom. The summed E-state index contributed by atoms with van der Waals surface area (Å²) >= 11 is 0. The monoisotopic (exact) mass is 223 g/mol. The van der Waals surface area contributed by atoms with Crippen molar-refractivity contribution < 1.29 is 8.78 Å². The maximum absolute atomic E-state index is 12.9. The number of nitrogens with one attached hydrogen (secondary N) is 1. The average molecular weight is 223 g/mol. The molecule has 1 aromatic carbocycles. The number of nitrogens with two attached hydrogens (primary N) is 1. The van der Waals surface area contributed by atoms with Crippen LogP contribution in [0.5, 0.6) is 0 Å². The van der Waals surface area contributed by atoms with E-state index in [4.69, 9.17) is 5.73 Å². The average Bonchev–Trinajstić information content (AvgIpc) is 2.20. The Balaban J connectivity index is 2.58. The Bertz CT molecular complexity index is 595. The van der Waals surface area contributed by atoms with Crippen LogP contribution in [0.4, 0.5) is 14.6 Å². The standard InChI is InChI=1S/C10H7F2N3O/c11-6-2-1-5(3-7(6)12)10-14-8(13)4-9(16)15-10/h1-4H,(H3,13,14,15,16). The lowest BCUT2D eigenvalue weighted by Crippen LogP contribution is -2.09. The SMILES string of the molecule is Nc1cc(=O)[nH]c(-c2ccc(F)c(F)c2)n1. The highest BCUT2D eigenvalue weighted by molar-refractivity contribution is 5.56. The largest absolute Gasteiger partial charge is 0.383 e. The quantitative estimate of drug-likeness (QED) is 0.765. The highest BCUT2D eigenvalue weighted by Crippen LogP contribution is 2.17. The van der Waals surface area contributed by atoms with E-state index in [0.29, 0.717) is 0 Å². The highest BCUT2D eigenvalue weighted by Gasteiger charge is 2.06. The third kappa shape index (κ3) is 1.90. The smallest absolute Gasteiger partial charge is 0.253 e. The zero-order valence-corrected chi connectivity index (χ0v) is 8.00. The normalized spacial score (nSPS) is 10.4. The van der Waals surface area contributed by atoms with Crippen molar-refractivity contribution in [2.75, 3.05) is 5.73 Å². The molecule has 0 atom stereocenters. The predicted molar refractivity (Wildman–Crippen MR) is 54.6 cm³/mol. The topological polar surface area (TPSA) is 71.8 Å². The van der Waals surface area contributed by atoms with Gasteiger partial charge in [0.2, 0.25) is 0 Å². The van der Waals surface area contributed by atoms with Gasteiger partial charge in [0.15, 0.2) is 11.6 Å². The zero-order valence-electron chi connectivity index (χ0n) is 8.00. The number of halogens is 2.